The average Bonchev–Trinajstić information content (AvgIpc) is 2.37. The van der Waals surface area contributed by atoms with Gasteiger partial charge in [-0.3, -0.25) is 19.3 Å². The molecule has 1 aromatic carbocycles. The molecule has 2 rings (SSSR count). The fourth-order valence-corrected chi connectivity index (χ4v) is 2.15. The van der Waals surface area contributed by atoms with Crippen LogP contribution >= 0.6 is 0 Å². The maximum atomic E-state index is 12.1. The Morgan fingerprint density at radius 2 is 1.76 bits per heavy atom. The van der Waals surface area contributed by atoms with Gasteiger partial charge in [-0.05, 0) is 12.1 Å². The van der Waals surface area contributed by atoms with Crippen LogP contribution in [0.15, 0.2) is 29.1 Å². The molecule has 2 amide bonds. The number of fused-ring (bicyclic) bond motifs is 1. The third-order valence-corrected chi connectivity index (χ3v) is 2.93. The summed E-state index contributed by atoms with van der Waals surface area (Å²) in [5.74, 6) is -2.33. The summed E-state index contributed by atoms with van der Waals surface area (Å²) >= 11 is 0. The van der Waals surface area contributed by atoms with Gasteiger partial charge >= 0.3 is 5.97 Å². The minimum Gasteiger partial charge on any atom is -0.477 e. The fraction of sp³-hybridized carbons (Fsp3) is 0.143. The third kappa shape index (κ3) is 2.53. The van der Waals surface area contributed by atoms with Crippen LogP contribution < -0.4 is 10.3 Å². The number of H-pyrrole nitrogens is 1. The number of carboxylic acids is 1. The SMILES string of the molecule is CC(=O)N(C(C)=O)c1cccc2[nH]c(C(=O)O)cc(=O)c12. The molecule has 1 heterocycles. The zero-order valence-corrected chi connectivity index (χ0v) is 11.3. The number of carbonyl (C=O) groups excluding carboxylic acids is 2. The van der Waals surface area contributed by atoms with Gasteiger partial charge in [0, 0.05) is 19.9 Å². The molecule has 0 unspecified atom stereocenters. The number of imide groups is 1. The van der Waals surface area contributed by atoms with Crippen molar-refractivity contribution >= 4 is 34.4 Å². The molecule has 0 aliphatic heterocycles. The highest BCUT2D eigenvalue weighted by Crippen LogP contribution is 2.23. The first-order valence-corrected chi connectivity index (χ1v) is 6.03. The summed E-state index contributed by atoms with van der Waals surface area (Å²) in [5, 5.41) is 9.03. The Morgan fingerprint density at radius 3 is 2.29 bits per heavy atom. The number of benzene rings is 1. The minimum atomic E-state index is -1.27. The Bertz CT molecular complexity index is 808. The minimum absolute atomic E-state index is 0.0906. The van der Waals surface area contributed by atoms with Crippen LogP contribution in [-0.2, 0) is 9.59 Å². The van der Waals surface area contributed by atoms with Crippen molar-refractivity contribution in [3.8, 4) is 0 Å². The molecule has 0 aliphatic carbocycles. The molecule has 21 heavy (non-hydrogen) atoms. The Labute approximate surface area is 118 Å². The van der Waals surface area contributed by atoms with Crippen molar-refractivity contribution in [3.63, 3.8) is 0 Å². The molecule has 0 aliphatic rings. The van der Waals surface area contributed by atoms with Crippen LogP contribution in [0.4, 0.5) is 5.69 Å². The van der Waals surface area contributed by atoms with E-state index < -0.39 is 23.2 Å². The highest BCUT2D eigenvalue weighted by atomic mass is 16.4. The zero-order valence-electron chi connectivity index (χ0n) is 11.3. The van der Waals surface area contributed by atoms with Crippen molar-refractivity contribution in [1.82, 2.24) is 4.98 Å². The Balaban J connectivity index is 2.84. The first kappa shape index (κ1) is 14.4. The lowest BCUT2D eigenvalue weighted by molar-refractivity contribution is -0.124. The molecule has 0 radical (unpaired) electrons. The number of aromatic nitrogens is 1. The molecule has 0 fully saturated rings. The summed E-state index contributed by atoms with van der Waals surface area (Å²) < 4.78 is 0. The lowest BCUT2D eigenvalue weighted by Gasteiger charge is -2.18. The van der Waals surface area contributed by atoms with Crippen LogP contribution in [0.1, 0.15) is 24.3 Å². The number of anilines is 1. The van der Waals surface area contributed by atoms with Gasteiger partial charge in [-0.15, -0.1) is 0 Å². The molecule has 0 saturated heterocycles. The van der Waals surface area contributed by atoms with E-state index in [4.69, 9.17) is 5.11 Å². The predicted octanol–water partition coefficient (Wildman–Crippen LogP) is 1.13. The van der Waals surface area contributed by atoms with E-state index in [9.17, 15) is 19.2 Å². The quantitative estimate of drug-likeness (QED) is 0.861. The van der Waals surface area contributed by atoms with Crippen LogP contribution in [0.25, 0.3) is 10.9 Å². The van der Waals surface area contributed by atoms with Gasteiger partial charge in [-0.2, -0.15) is 0 Å². The molecule has 108 valence electrons. The van der Waals surface area contributed by atoms with E-state index in [1.54, 1.807) is 0 Å². The maximum Gasteiger partial charge on any atom is 0.352 e. The number of nitrogens with one attached hydrogen (secondary N) is 1. The standard InChI is InChI=1S/C14H12N2O5/c1-7(17)16(8(2)18)11-5-3-4-9-13(11)12(19)6-10(15-9)14(20)21/h3-6H,1-2H3,(H,15,19)(H,20,21). The fourth-order valence-electron chi connectivity index (χ4n) is 2.15. The summed E-state index contributed by atoms with van der Waals surface area (Å²) in [7, 11) is 0. The van der Waals surface area contributed by atoms with Gasteiger partial charge < -0.3 is 10.1 Å². The van der Waals surface area contributed by atoms with Gasteiger partial charge in [0.2, 0.25) is 11.8 Å². The molecule has 0 saturated carbocycles. The number of aromatic amines is 1. The normalized spacial score (nSPS) is 10.4. The second-order valence-electron chi connectivity index (χ2n) is 4.43. The van der Waals surface area contributed by atoms with Crippen molar-refractivity contribution in [2.75, 3.05) is 4.90 Å². The Morgan fingerprint density at radius 1 is 1.14 bits per heavy atom. The van der Waals surface area contributed by atoms with E-state index in [-0.39, 0.29) is 22.3 Å². The van der Waals surface area contributed by atoms with E-state index in [1.165, 1.54) is 32.0 Å². The zero-order chi connectivity index (χ0) is 15.7. The second kappa shape index (κ2) is 5.20. The topological polar surface area (TPSA) is 108 Å². The van der Waals surface area contributed by atoms with Gasteiger partial charge in [0.05, 0.1) is 16.6 Å². The van der Waals surface area contributed by atoms with Crippen molar-refractivity contribution < 1.29 is 19.5 Å². The first-order valence-electron chi connectivity index (χ1n) is 6.03. The number of nitrogens with zero attached hydrogens (tertiary/aromatic N) is 1. The van der Waals surface area contributed by atoms with Gasteiger partial charge in [-0.1, -0.05) is 6.07 Å². The van der Waals surface area contributed by atoms with Crippen molar-refractivity contribution in [2.45, 2.75) is 13.8 Å². The lowest BCUT2D eigenvalue weighted by atomic mass is 10.1. The molecular formula is C14H12N2O5. The highest BCUT2D eigenvalue weighted by molar-refractivity contribution is 6.17. The van der Waals surface area contributed by atoms with Gasteiger partial charge in [0.25, 0.3) is 0 Å². The van der Waals surface area contributed by atoms with Crippen LogP contribution in [0, 0.1) is 0 Å². The highest BCUT2D eigenvalue weighted by Gasteiger charge is 2.21. The largest absolute Gasteiger partial charge is 0.477 e. The van der Waals surface area contributed by atoms with E-state index in [1.807, 2.05) is 0 Å². The molecule has 7 nitrogen and oxygen atoms in total. The second-order valence-corrected chi connectivity index (χ2v) is 4.43. The predicted molar refractivity (Wildman–Crippen MR) is 75.4 cm³/mol. The van der Waals surface area contributed by atoms with Crippen molar-refractivity contribution in [2.24, 2.45) is 0 Å². The average molecular weight is 288 g/mol. The Kier molecular flexibility index (Phi) is 3.58. The van der Waals surface area contributed by atoms with Gasteiger partial charge in [0.15, 0.2) is 5.43 Å². The van der Waals surface area contributed by atoms with E-state index in [2.05, 4.69) is 4.98 Å². The summed E-state index contributed by atoms with van der Waals surface area (Å²) in [5.41, 5.74) is -0.471. The number of amides is 2. The van der Waals surface area contributed by atoms with E-state index in [0.29, 0.717) is 0 Å². The molecule has 2 N–H and O–H groups in total. The third-order valence-electron chi connectivity index (χ3n) is 2.93. The van der Waals surface area contributed by atoms with E-state index >= 15 is 0 Å². The van der Waals surface area contributed by atoms with Crippen LogP contribution in [0.5, 0.6) is 0 Å². The van der Waals surface area contributed by atoms with Crippen LogP contribution in [0.3, 0.4) is 0 Å². The first-order chi connectivity index (χ1) is 9.82. The van der Waals surface area contributed by atoms with Gasteiger partial charge in [-0.25, -0.2) is 4.79 Å². The monoisotopic (exact) mass is 288 g/mol. The molecular weight excluding hydrogens is 276 g/mol. The summed E-state index contributed by atoms with van der Waals surface area (Å²) in [6.45, 7) is 2.42. The van der Waals surface area contributed by atoms with Crippen molar-refractivity contribution in [3.05, 3.63) is 40.2 Å². The molecule has 0 bridgehead atoms. The molecule has 2 aromatic rings. The number of pyridine rings is 1. The summed E-state index contributed by atoms with van der Waals surface area (Å²) in [4.78, 5) is 49.8. The molecule has 1 aromatic heterocycles. The Hall–Kier alpha value is -2.96. The van der Waals surface area contributed by atoms with E-state index in [0.717, 1.165) is 11.0 Å². The van der Waals surface area contributed by atoms with Gasteiger partial charge in [0.1, 0.15) is 5.69 Å². The number of hydrogen-bond acceptors (Lipinski definition) is 4. The summed E-state index contributed by atoms with van der Waals surface area (Å²) in [6.07, 6.45) is 0. The molecule has 7 heteroatoms. The smallest absolute Gasteiger partial charge is 0.352 e. The van der Waals surface area contributed by atoms with Crippen LogP contribution in [-0.4, -0.2) is 27.9 Å². The number of hydrogen-bond donors (Lipinski definition) is 2. The maximum absolute atomic E-state index is 12.1. The number of carboxylic acid groups (broad SMARTS) is 1. The van der Waals surface area contributed by atoms with Crippen molar-refractivity contribution in [1.29, 1.82) is 0 Å². The summed E-state index contributed by atoms with van der Waals surface area (Å²) in [6, 6.07) is 5.41. The number of rotatable bonds is 2. The molecule has 0 atom stereocenters. The van der Waals surface area contributed by atoms with Crippen LogP contribution in [0.2, 0.25) is 0 Å². The number of carbonyl (C=O) groups is 3. The lowest BCUT2D eigenvalue weighted by Crippen LogP contribution is -2.34. The molecule has 0 spiro atoms. The number of aromatic carboxylic acids is 1.